The highest BCUT2D eigenvalue weighted by atomic mass is 19.4. The highest BCUT2D eigenvalue weighted by Crippen LogP contribution is 2.34. The number of ether oxygens (including phenoxy) is 1. The zero-order valence-electron chi connectivity index (χ0n) is 11.0. The topological polar surface area (TPSA) is 70.6 Å². The van der Waals surface area contributed by atoms with Gasteiger partial charge in [-0.15, -0.1) is 0 Å². The predicted molar refractivity (Wildman–Crippen MR) is 69.0 cm³/mol. The maximum absolute atomic E-state index is 12.6. The Morgan fingerprint density at radius 1 is 1.48 bits per heavy atom. The van der Waals surface area contributed by atoms with Crippen molar-refractivity contribution < 1.29 is 27.8 Å². The quantitative estimate of drug-likeness (QED) is 0.744. The number of alkyl halides is 3. The molecule has 1 heterocycles. The van der Waals surface area contributed by atoms with E-state index in [0.29, 0.717) is 25.8 Å². The average molecular weight is 304 g/mol. The largest absolute Gasteiger partial charge is 0.506 e. The number of aromatic hydroxyl groups is 1. The Labute approximate surface area is 119 Å². The molecule has 1 aliphatic heterocycles. The molecule has 1 aromatic rings. The van der Waals surface area contributed by atoms with E-state index in [2.05, 4.69) is 10.6 Å². The van der Waals surface area contributed by atoms with Crippen molar-refractivity contribution in [1.29, 1.82) is 0 Å². The molecule has 1 atom stereocenters. The molecule has 0 radical (unpaired) electrons. The Balaban J connectivity index is 2.02. The van der Waals surface area contributed by atoms with Gasteiger partial charge in [0.2, 0.25) is 5.91 Å². The second kappa shape index (κ2) is 6.31. The lowest BCUT2D eigenvalue weighted by Crippen LogP contribution is -2.40. The second-order valence-corrected chi connectivity index (χ2v) is 4.68. The van der Waals surface area contributed by atoms with Crippen molar-refractivity contribution in [1.82, 2.24) is 5.32 Å². The molecular weight excluding hydrogens is 289 g/mol. The molecule has 0 aromatic heterocycles. The summed E-state index contributed by atoms with van der Waals surface area (Å²) >= 11 is 0. The van der Waals surface area contributed by atoms with Gasteiger partial charge < -0.3 is 20.5 Å². The highest BCUT2D eigenvalue weighted by Gasteiger charge is 2.31. The van der Waals surface area contributed by atoms with Gasteiger partial charge in [0.1, 0.15) is 5.75 Å². The Hall–Kier alpha value is -1.80. The molecule has 0 aliphatic carbocycles. The molecule has 1 aliphatic rings. The van der Waals surface area contributed by atoms with Crippen molar-refractivity contribution in [2.75, 3.05) is 25.0 Å². The lowest BCUT2D eigenvalue weighted by Gasteiger charge is -2.23. The lowest BCUT2D eigenvalue weighted by atomic mass is 10.1. The molecule has 1 fully saturated rings. The van der Waals surface area contributed by atoms with Crippen molar-refractivity contribution in [2.24, 2.45) is 0 Å². The first-order chi connectivity index (χ1) is 9.86. The van der Waals surface area contributed by atoms with Crippen LogP contribution in [-0.4, -0.2) is 36.8 Å². The minimum absolute atomic E-state index is 0.00266. The monoisotopic (exact) mass is 304 g/mol. The third-order valence-electron chi connectivity index (χ3n) is 3.02. The molecule has 8 heteroatoms. The van der Waals surface area contributed by atoms with Crippen LogP contribution in [0.5, 0.6) is 5.75 Å². The molecule has 3 N–H and O–H groups in total. The van der Waals surface area contributed by atoms with E-state index in [1.807, 2.05) is 0 Å². The van der Waals surface area contributed by atoms with Crippen LogP contribution in [0.15, 0.2) is 18.2 Å². The summed E-state index contributed by atoms with van der Waals surface area (Å²) < 4.78 is 43.1. The standard InChI is InChI=1S/C13H15F3N2O3/c14-13(15,16)8-1-2-11(19)10(5-8)18-12(20)6-9-7-17-3-4-21-9/h1-2,5,9,17,19H,3-4,6-7H2,(H,18,20). The van der Waals surface area contributed by atoms with E-state index < -0.39 is 23.4 Å². The van der Waals surface area contributed by atoms with Crippen molar-refractivity contribution in [3.05, 3.63) is 23.8 Å². The van der Waals surface area contributed by atoms with Gasteiger partial charge >= 0.3 is 6.18 Å². The van der Waals surface area contributed by atoms with Crippen LogP contribution in [-0.2, 0) is 15.7 Å². The van der Waals surface area contributed by atoms with E-state index in [1.165, 1.54) is 0 Å². The fourth-order valence-electron chi connectivity index (χ4n) is 1.97. The number of benzene rings is 1. The average Bonchev–Trinajstić information content (AvgIpc) is 2.41. The number of rotatable bonds is 3. The summed E-state index contributed by atoms with van der Waals surface area (Å²) in [6.45, 7) is 1.68. The first-order valence-electron chi connectivity index (χ1n) is 6.38. The molecule has 1 saturated heterocycles. The smallest absolute Gasteiger partial charge is 0.416 e. The summed E-state index contributed by atoms with van der Waals surface area (Å²) in [7, 11) is 0. The van der Waals surface area contributed by atoms with Gasteiger partial charge in [-0.05, 0) is 18.2 Å². The number of amides is 1. The number of hydrogen-bond acceptors (Lipinski definition) is 4. The van der Waals surface area contributed by atoms with Crippen LogP contribution in [0.2, 0.25) is 0 Å². The van der Waals surface area contributed by atoms with Gasteiger partial charge in [-0.2, -0.15) is 13.2 Å². The molecule has 1 amide bonds. The van der Waals surface area contributed by atoms with Gasteiger partial charge in [-0.1, -0.05) is 0 Å². The summed E-state index contributed by atoms with van der Waals surface area (Å²) in [5.74, 6) is -0.933. The van der Waals surface area contributed by atoms with Crippen LogP contribution < -0.4 is 10.6 Å². The van der Waals surface area contributed by atoms with Gasteiger partial charge in [0.15, 0.2) is 0 Å². The number of phenols is 1. The van der Waals surface area contributed by atoms with E-state index in [1.54, 1.807) is 0 Å². The van der Waals surface area contributed by atoms with E-state index in [-0.39, 0.29) is 18.2 Å². The molecule has 0 bridgehead atoms. The van der Waals surface area contributed by atoms with Crippen molar-refractivity contribution in [2.45, 2.75) is 18.7 Å². The van der Waals surface area contributed by atoms with Gasteiger partial charge in [0.05, 0.1) is 30.4 Å². The summed E-state index contributed by atoms with van der Waals surface area (Å²) in [4.78, 5) is 11.8. The van der Waals surface area contributed by atoms with Gasteiger partial charge in [-0.3, -0.25) is 4.79 Å². The van der Waals surface area contributed by atoms with Crippen molar-refractivity contribution >= 4 is 11.6 Å². The number of halogens is 3. The number of carbonyl (C=O) groups is 1. The predicted octanol–water partition coefficient (Wildman–Crippen LogP) is 1.73. The van der Waals surface area contributed by atoms with Crippen LogP contribution in [0.3, 0.4) is 0 Å². The number of nitrogens with one attached hydrogen (secondary N) is 2. The Kier molecular flexibility index (Phi) is 4.69. The van der Waals surface area contributed by atoms with Crippen LogP contribution >= 0.6 is 0 Å². The first-order valence-corrected chi connectivity index (χ1v) is 6.38. The maximum Gasteiger partial charge on any atom is 0.416 e. The van der Waals surface area contributed by atoms with Crippen molar-refractivity contribution in [3.63, 3.8) is 0 Å². The van der Waals surface area contributed by atoms with Gasteiger partial charge in [0, 0.05) is 13.1 Å². The lowest BCUT2D eigenvalue weighted by molar-refractivity contribution is -0.137. The van der Waals surface area contributed by atoms with E-state index >= 15 is 0 Å². The van der Waals surface area contributed by atoms with E-state index in [9.17, 15) is 23.1 Å². The first kappa shape index (κ1) is 15.6. The Morgan fingerprint density at radius 3 is 2.86 bits per heavy atom. The van der Waals surface area contributed by atoms with E-state index in [0.717, 1.165) is 12.1 Å². The summed E-state index contributed by atoms with van der Waals surface area (Å²) in [5.41, 5.74) is -1.20. The van der Waals surface area contributed by atoms with Crippen molar-refractivity contribution in [3.8, 4) is 5.75 Å². The van der Waals surface area contributed by atoms with Gasteiger partial charge in [-0.25, -0.2) is 0 Å². The normalized spacial score (nSPS) is 19.3. The minimum Gasteiger partial charge on any atom is -0.506 e. The zero-order chi connectivity index (χ0) is 15.5. The Morgan fingerprint density at radius 2 is 2.24 bits per heavy atom. The third kappa shape index (κ3) is 4.33. The van der Waals surface area contributed by atoms with Crippen LogP contribution in [0, 0.1) is 0 Å². The second-order valence-electron chi connectivity index (χ2n) is 4.68. The number of hydrogen-bond donors (Lipinski definition) is 3. The zero-order valence-corrected chi connectivity index (χ0v) is 11.0. The molecule has 21 heavy (non-hydrogen) atoms. The van der Waals surface area contributed by atoms with Gasteiger partial charge in [0.25, 0.3) is 0 Å². The number of morpholine rings is 1. The fraction of sp³-hybridized carbons (Fsp3) is 0.462. The molecule has 1 unspecified atom stereocenters. The fourth-order valence-corrected chi connectivity index (χ4v) is 1.97. The van der Waals surface area contributed by atoms with Crippen LogP contribution in [0.1, 0.15) is 12.0 Å². The molecule has 1 aromatic carbocycles. The Bertz CT molecular complexity index is 514. The number of anilines is 1. The summed E-state index contributed by atoms with van der Waals surface area (Å²) in [5, 5.41) is 14.8. The van der Waals surface area contributed by atoms with E-state index in [4.69, 9.17) is 4.74 Å². The van der Waals surface area contributed by atoms with Crippen LogP contribution in [0.25, 0.3) is 0 Å². The molecule has 116 valence electrons. The molecular formula is C13H15F3N2O3. The molecule has 0 saturated carbocycles. The van der Waals surface area contributed by atoms with Crippen LogP contribution in [0.4, 0.5) is 18.9 Å². The molecule has 0 spiro atoms. The minimum atomic E-state index is -4.54. The SMILES string of the molecule is O=C(CC1CNCCO1)Nc1cc(C(F)(F)F)ccc1O. The third-order valence-corrected chi connectivity index (χ3v) is 3.02. The molecule has 2 rings (SSSR count). The molecule has 5 nitrogen and oxygen atoms in total. The number of carbonyl (C=O) groups excluding carboxylic acids is 1. The summed E-state index contributed by atoms with van der Waals surface area (Å²) in [6.07, 6.45) is -4.86. The highest BCUT2D eigenvalue weighted by molar-refractivity contribution is 5.92. The maximum atomic E-state index is 12.6. The summed E-state index contributed by atoms with van der Waals surface area (Å²) in [6, 6.07) is 2.35. The number of phenolic OH excluding ortho intramolecular Hbond substituents is 1.